The fourth-order valence-electron chi connectivity index (χ4n) is 11.9. The molecular formula is C82H78Cl4P6Ru2. The molecular weight excluding hydrogens is 1510 g/mol. The van der Waals surface area contributed by atoms with Crippen LogP contribution in [0, 0.1) is 10.8 Å². The van der Waals surface area contributed by atoms with Gasteiger partial charge in [-0.25, -0.2) is 0 Å². The summed E-state index contributed by atoms with van der Waals surface area (Å²) in [6.45, 7) is 5.22. The Balaban J connectivity index is 0.000000204. The summed E-state index contributed by atoms with van der Waals surface area (Å²) < 4.78 is 0. The van der Waals surface area contributed by atoms with Gasteiger partial charge in [-0.1, -0.05) is 378 Å². The van der Waals surface area contributed by atoms with Gasteiger partial charge in [0.05, 0.1) is 0 Å². The second kappa shape index (κ2) is 40.5. The molecule has 0 amide bonds. The van der Waals surface area contributed by atoms with Gasteiger partial charge in [-0.05, 0) is 159 Å². The molecule has 0 aliphatic carbocycles. The van der Waals surface area contributed by atoms with Crippen LogP contribution in [0.25, 0.3) is 0 Å². The summed E-state index contributed by atoms with van der Waals surface area (Å²) in [4.78, 5) is 0. The Labute approximate surface area is 600 Å². The summed E-state index contributed by atoms with van der Waals surface area (Å²) in [5, 5.41) is 17.6. The summed E-state index contributed by atoms with van der Waals surface area (Å²) in [6.07, 6.45) is 6.88. The van der Waals surface area contributed by atoms with Crippen LogP contribution in [0.5, 0.6) is 0 Å². The van der Waals surface area contributed by atoms with Crippen molar-refractivity contribution in [3.05, 3.63) is 364 Å². The zero-order chi connectivity index (χ0) is 65.5. The molecule has 0 aliphatic heterocycles. The van der Waals surface area contributed by atoms with Crippen molar-refractivity contribution in [3.8, 4) is 0 Å². The van der Waals surface area contributed by atoms with Crippen molar-refractivity contribution < 1.29 is 30.3 Å². The van der Waals surface area contributed by atoms with E-state index in [1.807, 2.05) is 0 Å². The Hall–Kier alpha value is -4.37. The van der Waals surface area contributed by atoms with Gasteiger partial charge < -0.3 is 0 Å². The summed E-state index contributed by atoms with van der Waals surface area (Å²) >= 11 is -0.691. The number of hydrogen-bond acceptors (Lipinski definition) is 0. The minimum atomic E-state index is -0.555. The maximum absolute atomic E-state index is 4.85. The molecule has 0 unspecified atom stereocenters. The van der Waals surface area contributed by atoms with Gasteiger partial charge in [-0.2, -0.15) is 0 Å². The van der Waals surface area contributed by atoms with Gasteiger partial charge in [0.15, 0.2) is 0 Å². The second-order valence-corrected chi connectivity index (χ2v) is 41.8. The van der Waals surface area contributed by atoms with Crippen LogP contribution in [-0.4, -0.2) is 37.0 Å². The Morgan fingerprint density at radius 2 is 0.255 bits per heavy atom. The van der Waals surface area contributed by atoms with Crippen LogP contribution in [0.3, 0.4) is 0 Å². The number of hydrogen-bond donors (Lipinski definition) is 0. The van der Waals surface area contributed by atoms with E-state index in [1.165, 1.54) is 63.7 Å². The quantitative estimate of drug-likeness (QED) is 0.0418. The van der Waals surface area contributed by atoms with E-state index < -0.39 is 47.5 Å². The van der Waals surface area contributed by atoms with E-state index in [9.17, 15) is 0 Å². The van der Waals surface area contributed by atoms with E-state index in [2.05, 4.69) is 378 Å². The fourth-order valence-corrected chi connectivity index (χ4v) is 29.2. The van der Waals surface area contributed by atoms with Gasteiger partial charge in [-0.15, -0.1) is 0 Å². The molecule has 94 heavy (non-hydrogen) atoms. The molecule has 0 N–H and O–H groups in total. The van der Waals surface area contributed by atoms with E-state index in [0.29, 0.717) is 0 Å². The molecule has 12 aromatic rings. The molecule has 0 bridgehead atoms. The molecule has 12 heteroatoms. The molecule has 0 aromatic heterocycles. The van der Waals surface area contributed by atoms with Gasteiger partial charge in [-0.3, -0.25) is 0 Å². The van der Waals surface area contributed by atoms with Crippen LogP contribution in [0.4, 0.5) is 0 Å². The van der Waals surface area contributed by atoms with Crippen molar-refractivity contribution in [2.45, 2.75) is 13.8 Å². The third-order valence-corrected chi connectivity index (χ3v) is 33.6. The Morgan fingerprint density at radius 3 is 0.330 bits per heavy atom. The summed E-state index contributed by atoms with van der Waals surface area (Å²) in [5.74, 6) is 0. The Bertz CT molecular complexity index is 3040. The van der Waals surface area contributed by atoms with Crippen LogP contribution in [-0.2, 0) is 30.3 Å². The molecule has 0 nitrogen and oxygen atoms in total. The third kappa shape index (κ3) is 22.9. The van der Waals surface area contributed by atoms with Crippen molar-refractivity contribution in [1.29, 1.82) is 0 Å². The van der Waals surface area contributed by atoms with Gasteiger partial charge in [0.1, 0.15) is 0 Å². The monoisotopic (exact) mass is 1590 g/mol. The molecule has 12 aromatic carbocycles. The van der Waals surface area contributed by atoms with E-state index >= 15 is 0 Å². The van der Waals surface area contributed by atoms with Gasteiger partial charge in [0.2, 0.25) is 0 Å². The number of halogens is 4. The topological polar surface area (TPSA) is 0 Å². The van der Waals surface area contributed by atoms with Crippen molar-refractivity contribution in [2.24, 2.45) is 10.8 Å². The van der Waals surface area contributed by atoms with E-state index in [1.54, 1.807) is 0 Å². The molecule has 0 saturated heterocycles. The van der Waals surface area contributed by atoms with Crippen molar-refractivity contribution in [3.63, 3.8) is 0 Å². The van der Waals surface area contributed by atoms with Crippen LogP contribution in [0.2, 0.25) is 0 Å². The van der Waals surface area contributed by atoms with E-state index in [0.717, 1.165) is 37.0 Å². The normalized spacial score (nSPS) is 11.4. The molecule has 0 aliphatic rings. The van der Waals surface area contributed by atoms with Gasteiger partial charge in [0, 0.05) is 0 Å². The second-order valence-electron chi connectivity index (χ2n) is 23.3. The first-order chi connectivity index (χ1) is 46.2. The first kappa shape index (κ1) is 73.9. The maximum atomic E-state index is 4.85. The summed E-state index contributed by atoms with van der Waals surface area (Å²) in [6, 6.07) is 135. The first-order valence-corrected chi connectivity index (χ1v) is 49.3. The molecule has 0 atom stereocenters. The first-order valence-electron chi connectivity index (χ1n) is 31.2. The standard InChI is InChI=1S/2C41H39P3.4ClH.2Ru/c2*1-41(32-42(35-20-8-2-9-21-35)36-22-10-3-11-23-36,33-43(37-24-12-4-13-25-37)38-26-14-5-15-27-38)34-44(39-28-16-6-17-29-39)40-30-18-7-19-31-40;;;;;;/h2*2-31H,32-34H2,1H3;4*1H;;/q;;;;;;2*+2/p-4. The Morgan fingerprint density at radius 1 is 0.181 bits per heavy atom. The van der Waals surface area contributed by atoms with Crippen LogP contribution < -0.4 is 63.7 Å². The number of rotatable bonds is 24. The molecule has 0 radical (unpaired) electrons. The number of benzene rings is 12. The molecule has 0 heterocycles. The van der Waals surface area contributed by atoms with Crippen LogP contribution in [0.15, 0.2) is 364 Å². The summed E-state index contributed by atoms with van der Waals surface area (Å²) in [7, 11) is 16.1. The fraction of sp³-hybridized carbons (Fsp3) is 0.122. The SMILES string of the molecule is CC(CP(c1ccccc1)c1ccccc1)(CP(c1ccccc1)c1ccccc1)CP(c1ccccc1)c1ccccc1.CC(CP(c1ccccc1)c1ccccc1)(CP(c1ccccc1)c1ccccc1)CP(c1ccccc1)c1ccccc1.[Cl][Ru][Cl].[Cl][Ru][Cl]. The van der Waals surface area contributed by atoms with Crippen LogP contribution in [0.1, 0.15) is 13.8 Å². The minimum absolute atomic E-state index is 0.0756. The predicted molar refractivity (Wildman–Crippen MR) is 423 cm³/mol. The molecule has 0 fully saturated rings. The average Bonchev–Trinajstić information content (AvgIpc) is 0.816. The van der Waals surface area contributed by atoms with Crippen molar-refractivity contribution >= 4 is 150 Å². The van der Waals surface area contributed by atoms with E-state index in [4.69, 9.17) is 38.8 Å². The predicted octanol–water partition coefficient (Wildman–Crippen LogP) is 19.5. The molecule has 480 valence electrons. The van der Waals surface area contributed by atoms with E-state index in [-0.39, 0.29) is 41.1 Å². The van der Waals surface area contributed by atoms with Crippen LogP contribution >= 0.6 is 86.3 Å². The average molecular weight is 1590 g/mol. The molecule has 0 spiro atoms. The Kier molecular flexibility index (Phi) is 31.8. The zero-order valence-electron chi connectivity index (χ0n) is 52.8. The zero-order valence-corrected chi connectivity index (χ0v) is 64.7. The molecule has 0 saturated carbocycles. The van der Waals surface area contributed by atoms with Gasteiger partial charge in [0.25, 0.3) is 0 Å². The molecule has 12 rings (SSSR count). The summed E-state index contributed by atoms with van der Waals surface area (Å²) in [5.41, 5.74) is 0.151. The van der Waals surface area contributed by atoms with Crippen molar-refractivity contribution in [1.82, 2.24) is 0 Å². The third-order valence-electron chi connectivity index (χ3n) is 16.1. The van der Waals surface area contributed by atoms with Crippen molar-refractivity contribution in [2.75, 3.05) is 37.0 Å². The van der Waals surface area contributed by atoms with Gasteiger partial charge >= 0.3 is 69.1 Å².